The molecule has 2 heterocycles. The molecule has 0 unspecified atom stereocenters. The predicted molar refractivity (Wildman–Crippen MR) is 129 cm³/mol. The fourth-order valence-electron chi connectivity index (χ4n) is 3.46. The van der Waals surface area contributed by atoms with Gasteiger partial charge in [0.05, 0.1) is 6.10 Å². The molecule has 0 spiro atoms. The van der Waals surface area contributed by atoms with Crippen LogP contribution in [0.15, 0.2) is 47.4 Å². The number of hydrogen-bond acceptors (Lipinski definition) is 12. The van der Waals surface area contributed by atoms with Crippen molar-refractivity contribution in [3.05, 3.63) is 53.1 Å². The van der Waals surface area contributed by atoms with Crippen LogP contribution in [0.5, 0.6) is 5.75 Å². The fraction of sp³-hybridized carbons (Fsp3) is 0.500. The van der Waals surface area contributed by atoms with Gasteiger partial charge in [0.1, 0.15) is 36.4 Å². The molecule has 0 aliphatic carbocycles. The van der Waals surface area contributed by atoms with Crippen molar-refractivity contribution in [2.75, 3.05) is 19.5 Å². The number of ether oxygens (including phenoxy) is 3. The van der Waals surface area contributed by atoms with Gasteiger partial charge < -0.3 is 34.7 Å². The molecule has 1 aromatic heterocycles. The van der Waals surface area contributed by atoms with Crippen molar-refractivity contribution in [1.29, 1.82) is 0 Å². The number of aromatic nitrogens is 2. The van der Waals surface area contributed by atoms with E-state index in [1.807, 2.05) is 0 Å². The summed E-state index contributed by atoms with van der Waals surface area (Å²) in [4.78, 5) is 28.2. The van der Waals surface area contributed by atoms with Gasteiger partial charge in [-0.2, -0.15) is 10.1 Å². The van der Waals surface area contributed by atoms with Gasteiger partial charge in [0, 0.05) is 13.3 Å². The van der Waals surface area contributed by atoms with Gasteiger partial charge in [0.25, 0.3) is 0 Å². The van der Waals surface area contributed by atoms with Crippen LogP contribution >= 0.6 is 7.75 Å². The zero-order valence-electron chi connectivity index (χ0n) is 20.7. The van der Waals surface area contributed by atoms with E-state index in [4.69, 9.17) is 29.0 Å². The molecule has 0 bridgehead atoms. The minimum Gasteiger partial charge on any atom is -0.462 e. The number of rotatable bonds is 11. The van der Waals surface area contributed by atoms with Gasteiger partial charge >= 0.3 is 19.4 Å². The van der Waals surface area contributed by atoms with Gasteiger partial charge in [-0.05, 0) is 39.0 Å². The van der Waals surface area contributed by atoms with Crippen molar-refractivity contribution in [2.24, 2.45) is 0 Å². The van der Waals surface area contributed by atoms with E-state index >= 15 is 0 Å². The van der Waals surface area contributed by atoms with Crippen molar-refractivity contribution in [2.45, 2.75) is 57.1 Å². The monoisotopic (exact) mass is 542 g/mol. The first kappa shape index (κ1) is 28.7. The minimum atomic E-state index is -4.36. The molecule has 6 atom stereocenters. The Balaban J connectivity index is 1.85. The van der Waals surface area contributed by atoms with Crippen molar-refractivity contribution < 1.29 is 42.8 Å². The highest BCUT2D eigenvalue weighted by atomic mass is 31.2. The number of para-hydroxylation sites is 1. The van der Waals surface area contributed by atoms with Crippen molar-refractivity contribution >= 4 is 19.5 Å². The highest BCUT2D eigenvalue weighted by molar-refractivity contribution is 7.52. The van der Waals surface area contributed by atoms with Gasteiger partial charge in [0.2, 0.25) is 5.79 Å². The molecule has 0 amide bonds. The molecule has 14 nitrogen and oxygen atoms in total. The second-order valence-electron chi connectivity index (χ2n) is 8.51. The van der Waals surface area contributed by atoms with E-state index in [9.17, 15) is 24.4 Å². The first-order valence-corrected chi connectivity index (χ1v) is 12.9. The van der Waals surface area contributed by atoms with E-state index in [-0.39, 0.29) is 11.6 Å². The van der Waals surface area contributed by atoms with Gasteiger partial charge in [-0.1, -0.05) is 18.2 Å². The summed E-state index contributed by atoms with van der Waals surface area (Å²) >= 11 is 0. The highest BCUT2D eigenvalue weighted by Gasteiger charge is 2.57. The van der Waals surface area contributed by atoms with E-state index in [1.165, 1.54) is 31.3 Å². The zero-order chi connectivity index (χ0) is 27.4. The SMILES string of the molecule is CO[C@]1(CO[P@@](=O)(N[C@H](C)C(=O)OC(C)C)Oc2ccccc2)O[C@@H](n2ccc(N)nc2=O)[C@H](O)[C@@H]1O. The third kappa shape index (κ3) is 6.73. The normalized spacial score (nSPS) is 26.0. The Morgan fingerprint density at radius 1 is 1.27 bits per heavy atom. The van der Waals surface area contributed by atoms with Crippen LogP contribution in [0.3, 0.4) is 0 Å². The van der Waals surface area contributed by atoms with Crippen LogP contribution in [0.4, 0.5) is 5.82 Å². The maximum Gasteiger partial charge on any atom is 0.459 e. The molecule has 1 aromatic carbocycles. The zero-order valence-corrected chi connectivity index (χ0v) is 21.6. The standard InChI is InChI=1S/C22H31N4O10P/c1-13(2)34-20(29)14(3)25-37(31,36-15-8-6-5-7-9-15)33-12-22(32-4)18(28)17(27)19(35-22)26-11-10-16(23)24-21(26)30/h5-11,13-14,17-19,27-28H,12H2,1-4H3,(H,25,31)(H2,23,24,30)/t14-,17-,18+,19-,22-,37+/m1/s1. The number of aliphatic hydroxyl groups is 2. The number of nitrogens with two attached hydrogens (primary N) is 1. The molecule has 5 N–H and O–H groups in total. The molecule has 204 valence electrons. The number of methoxy groups -OCH3 is 1. The lowest BCUT2D eigenvalue weighted by molar-refractivity contribution is -0.267. The summed E-state index contributed by atoms with van der Waals surface area (Å²) in [5, 5.41) is 23.9. The molecule has 0 saturated carbocycles. The largest absolute Gasteiger partial charge is 0.462 e. The summed E-state index contributed by atoms with van der Waals surface area (Å²) in [5.74, 6) is -2.70. The lowest BCUT2D eigenvalue weighted by Crippen LogP contribution is -2.49. The number of benzene rings is 1. The van der Waals surface area contributed by atoms with E-state index in [0.717, 1.165) is 11.7 Å². The molecule has 37 heavy (non-hydrogen) atoms. The molecule has 15 heteroatoms. The first-order chi connectivity index (χ1) is 17.4. The lowest BCUT2D eigenvalue weighted by atomic mass is 10.1. The number of esters is 1. The van der Waals surface area contributed by atoms with E-state index in [2.05, 4.69) is 10.1 Å². The summed E-state index contributed by atoms with van der Waals surface area (Å²) in [6.07, 6.45) is -4.07. The Kier molecular flexibility index (Phi) is 9.08. The number of nitrogens with one attached hydrogen (secondary N) is 1. The van der Waals surface area contributed by atoms with Gasteiger partial charge in [-0.3, -0.25) is 13.9 Å². The molecule has 3 rings (SSSR count). The Hall–Kier alpha value is -2.84. The smallest absolute Gasteiger partial charge is 0.459 e. The Morgan fingerprint density at radius 2 is 1.95 bits per heavy atom. The van der Waals surface area contributed by atoms with E-state index < -0.39 is 62.4 Å². The topological polar surface area (TPSA) is 194 Å². The van der Waals surface area contributed by atoms with Crippen molar-refractivity contribution in [3.63, 3.8) is 0 Å². The summed E-state index contributed by atoms with van der Waals surface area (Å²) in [5.41, 5.74) is 4.66. The van der Waals surface area contributed by atoms with Crippen LogP contribution in [0.2, 0.25) is 0 Å². The van der Waals surface area contributed by atoms with Crippen molar-refractivity contribution in [1.82, 2.24) is 14.6 Å². The summed E-state index contributed by atoms with van der Waals surface area (Å²) in [6, 6.07) is 8.20. The average Bonchev–Trinajstić information content (AvgIpc) is 3.08. The maximum atomic E-state index is 13.7. The Bertz CT molecular complexity index is 1180. The Labute approximate surface area is 212 Å². The molecule has 1 aliphatic heterocycles. The third-order valence-corrected chi connectivity index (χ3v) is 6.94. The van der Waals surface area contributed by atoms with Crippen LogP contribution in [0.25, 0.3) is 0 Å². The molecular weight excluding hydrogens is 511 g/mol. The number of aliphatic hydroxyl groups excluding tert-OH is 2. The predicted octanol–water partition coefficient (Wildman–Crippen LogP) is 0.552. The minimum absolute atomic E-state index is 0.0502. The maximum absolute atomic E-state index is 13.7. The lowest BCUT2D eigenvalue weighted by Gasteiger charge is -2.32. The first-order valence-electron chi connectivity index (χ1n) is 11.3. The van der Waals surface area contributed by atoms with Gasteiger partial charge in [-0.15, -0.1) is 0 Å². The number of hydrogen-bond donors (Lipinski definition) is 4. The molecule has 0 radical (unpaired) electrons. The summed E-state index contributed by atoms with van der Waals surface area (Å²) in [6.45, 7) is 3.97. The molecular formula is C22H31N4O10P. The number of carbonyl (C=O) groups excluding carboxylic acids is 1. The third-order valence-electron chi connectivity index (χ3n) is 5.32. The van der Waals surface area contributed by atoms with E-state index in [1.54, 1.807) is 32.0 Å². The molecule has 1 aliphatic rings. The fourth-order valence-corrected chi connectivity index (χ4v) is 4.97. The van der Waals surface area contributed by atoms with Gasteiger partial charge in [0.15, 0.2) is 6.23 Å². The van der Waals surface area contributed by atoms with Crippen molar-refractivity contribution in [3.8, 4) is 5.75 Å². The van der Waals surface area contributed by atoms with Crippen LogP contribution in [0.1, 0.15) is 27.0 Å². The Morgan fingerprint density at radius 3 is 2.54 bits per heavy atom. The van der Waals surface area contributed by atoms with E-state index in [0.29, 0.717) is 0 Å². The number of carbonyl (C=O) groups is 1. The quantitative estimate of drug-likeness (QED) is 0.227. The van der Waals surface area contributed by atoms with Crippen LogP contribution < -0.4 is 21.0 Å². The second kappa shape index (κ2) is 11.7. The second-order valence-corrected chi connectivity index (χ2v) is 10.2. The van der Waals surface area contributed by atoms with Crippen LogP contribution in [0, 0.1) is 0 Å². The summed E-state index contributed by atoms with van der Waals surface area (Å²) in [7, 11) is -3.20. The highest BCUT2D eigenvalue weighted by Crippen LogP contribution is 2.48. The number of anilines is 1. The molecule has 2 aromatic rings. The van der Waals surface area contributed by atoms with Crippen LogP contribution in [-0.4, -0.2) is 69.6 Å². The summed E-state index contributed by atoms with van der Waals surface area (Å²) < 4.78 is 42.0. The molecule has 1 saturated heterocycles. The number of nitrogen functional groups attached to an aromatic ring is 1. The molecule has 1 fully saturated rings. The van der Waals surface area contributed by atoms with Crippen LogP contribution in [-0.2, 0) is 28.1 Å². The van der Waals surface area contributed by atoms with Gasteiger partial charge in [-0.25, -0.2) is 9.36 Å². The number of nitrogens with zero attached hydrogens (tertiary/aromatic N) is 2. The average molecular weight is 542 g/mol.